The smallest absolute Gasteiger partial charge is 0.223 e. The largest absolute Gasteiger partial charge is 0.503 e. The SMILES string of the molecule is Cc1cc(=O)c(O)c(CN2CCCC2)n1Cc1ccncc1. The maximum absolute atomic E-state index is 11.9. The average molecular weight is 299 g/mol. The summed E-state index contributed by atoms with van der Waals surface area (Å²) in [4.78, 5) is 18.3. The van der Waals surface area contributed by atoms with Crippen molar-refractivity contribution in [2.24, 2.45) is 0 Å². The molecule has 5 heteroatoms. The Balaban J connectivity index is 1.99. The van der Waals surface area contributed by atoms with Crippen molar-refractivity contribution >= 4 is 0 Å². The molecule has 3 heterocycles. The summed E-state index contributed by atoms with van der Waals surface area (Å²) in [6.07, 6.45) is 5.88. The first kappa shape index (κ1) is 14.8. The van der Waals surface area contributed by atoms with E-state index in [1.165, 1.54) is 18.9 Å². The Kier molecular flexibility index (Phi) is 4.24. The quantitative estimate of drug-likeness (QED) is 0.937. The van der Waals surface area contributed by atoms with Crippen LogP contribution in [0.25, 0.3) is 0 Å². The van der Waals surface area contributed by atoms with Gasteiger partial charge in [0.05, 0.1) is 5.69 Å². The Labute approximate surface area is 129 Å². The Hall–Kier alpha value is -2.14. The number of hydrogen-bond acceptors (Lipinski definition) is 4. The van der Waals surface area contributed by atoms with Gasteiger partial charge in [0.2, 0.25) is 5.43 Å². The third-order valence-corrected chi connectivity index (χ3v) is 4.26. The molecule has 2 aromatic heterocycles. The van der Waals surface area contributed by atoms with Crippen LogP contribution in [-0.4, -0.2) is 32.6 Å². The minimum Gasteiger partial charge on any atom is -0.503 e. The van der Waals surface area contributed by atoms with E-state index in [4.69, 9.17) is 0 Å². The number of nitrogens with zero attached hydrogens (tertiary/aromatic N) is 3. The molecule has 116 valence electrons. The number of pyridine rings is 2. The van der Waals surface area contributed by atoms with E-state index in [0.717, 1.165) is 24.3 Å². The van der Waals surface area contributed by atoms with E-state index in [1.54, 1.807) is 12.4 Å². The molecule has 0 saturated carbocycles. The van der Waals surface area contributed by atoms with E-state index >= 15 is 0 Å². The molecule has 5 nitrogen and oxygen atoms in total. The van der Waals surface area contributed by atoms with E-state index in [0.29, 0.717) is 18.8 Å². The lowest BCUT2D eigenvalue weighted by Crippen LogP contribution is -2.25. The molecule has 0 radical (unpaired) electrons. The molecule has 22 heavy (non-hydrogen) atoms. The van der Waals surface area contributed by atoms with Crippen molar-refractivity contribution in [2.75, 3.05) is 13.1 Å². The third kappa shape index (κ3) is 3.04. The Morgan fingerprint density at radius 3 is 2.55 bits per heavy atom. The average Bonchev–Trinajstić information content (AvgIpc) is 3.02. The van der Waals surface area contributed by atoms with Gasteiger partial charge >= 0.3 is 0 Å². The highest BCUT2D eigenvalue weighted by Gasteiger charge is 2.19. The highest BCUT2D eigenvalue weighted by molar-refractivity contribution is 5.31. The summed E-state index contributed by atoms with van der Waals surface area (Å²) < 4.78 is 2.03. The minimum absolute atomic E-state index is 0.119. The summed E-state index contributed by atoms with van der Waals surface area (Å²) in [7, 11) is 0. The van der Waals surface area contributed by atoms with Gasteiger partial charge in [0.1, 0.15) is 0 Å². The van der Waals surface area contributed by atoms with Crippen LogP contribution in [0.15, 0.2) is 35.4 Å². The van der Waals surface area contributed by atoms with Gasteiger partial charge in [0.15, 0.2) is 5.75 Å². The number of aromatic nitrogens is 2. The van der Waals surface area contributed by atoms with Crippen LogP contribution in [0.5, 0.6) is 5.75 Å². The van der Waals surface area contributed by atoms with E-state index < -0.39 is 0 Å². The Bertz CT molecular complexity index is 704. The first-order valence-electron chi connectivity index (χ1n) is 7.68. The van der Waals surface area contributed by atoms with Crippen molar-refractivity contribution in [3.63, 3.8) is 0 Å². The maximum atomic E-state index is 11.9. The lowest BCUT2D eigenvalue weighted by Gasteiger charge is -2.22. The molecule has 0 unspecified atom stereocenters. The van der Waals surface area contributed by atoms with Crippen LogP contribution >= 0.6 is 0 Å². The highest BCUT2D eigenvalue weighted by atomic mass is 16.3. The summed E-state index contributed by atoms with van der Waals surface area (Å²) in [5, 5.41) is 10.3. The zero-order chi connectivity index (χ0) is 15.5. The van der Waals surface area contributed by atoms with Crippen molar-refractivity contribution in [1.29, 1.82) is 0 Å². The Morgan fingerprint density at radius 2 is 1.86 bits per heavy atom. The normalized spacial score (nSPS) is 15.3. The second kappa shape index (κ2) is 6.32. The summed E-state index contributed by atoms with van der Waals surface area (Å²) in [6.45, 7) is 5.21. The maximum Gasteiger partial charge on any atom is 0.223 e. The van der Waals surface area contributed by atoms with Gasteiger partial charge < -0.3 is 9.67 Å². The molecule has 1 saturated heterocycles. The predicted molar refractivity (Wildman–Crippen MR) is 85.0 cm³/mol. The Morgan fingerprint density at radius 1 is 1.18 bits per heavy atom. The molecule has 1 fully saturated rings. The fourth-order valence-corrected chi connectivity index (χ4v) is 3.02. The molecule has 0 atom stereocenters. The summed E-state index contributed by atoms with van der Waals surface area (Å²) in [6, 6.07) is 5.41. The van der Waals surface area contributed by atoms with Crippen molar-refractivity contribution in [1.82, 2.24) is 14.5 Å². The number of hydrogen-bond donors (Lipinski definition) is 1. The van der Waals surface area contributed by atoms with Crippen molar-refractivity contribution in [2.45, 2.75) is 32.9 Å². The van der Waals surface area contributed by atoms with Crippen LogP contribution in [0.4, 0.5) is 0 Å². The minimum atomic E-state index is -0.294. The first-order chi connectivity index (χ1) is 10.6. The number of aromatic hydroxyl groups is 1. The van der Waals surface area contributed by atoms with Crippen LogP contribution in [0.2, 0.25) is 0 Å². The molecule has 1 N–H and O–H groups in total. The van der Waals surface area contributed by atoms with E-state index in [-0.39, 0.29) is 11.2 Å². The zero-order valence-corrected chi connectivity index (χ0v) is 12.8. The lowest BCUT2D eigenvalue weighted by atomic mass is 10.2. The number of likely N-dealkylation sites (tertiary alicyclic amines) is 1. The fraction of sp³-hybridized carbons (Fsp3) is 0.412. The van der Waals surface area contributed by atoms with Gasteiger partial charge in [-0.25, -0.2) is 0 Å². The zero-order valence-electron chi connectivity index (χ0n) is 12.8. The monoisotopic (exact) mass is 299 g/mol. The van der Waals surface area contributed by atoms with Gasteiger partial charge in [0, 0.05) is 37.2 Å². The van der Waals surface area contributed by atoms with Gasteiger partial charge in [-0.3, -0.25) is 14.7 Å². The van der Waals surface area contributed by atoms with Gasteiger partial charge in [-0.2, -0.15) is 0 Å². The molecule has 0 aromatic carbocycles. The van der Waals surface area contributed by atoms with Gasteiger partial charge in [0.25, 0.3) is 0 Å². The van der Waals surface area contributed by atoms with E-state index in [1.807, 2.05) is 23.6 Å². The van der Waals surface area contributed by atoms with E-state index in [9.17, 15) is 9.90 Å². The summed E-state index contributed by atoms with van der Waals surface area (Å²) in [5.74, 6) is -0.119. The second-order valence-electron chi connectivity index (χ2n) is 5.87. The van der Waals surface area contributed by atoms with Gasteiger partial charge in [-0.1, -0.05) is 0 Å². The molecule has 3 rings (SSSR count). The fourth-order valence-electron chi connectivity index (χ4n) is 3.02. The molecular formula is C17H21N3O2. The standard InChI is InChI=1S/C17H21N3O2/c1-13-10-16(21)17(22)15(12-19-8-2-3-9-19)20(13)11-14-4-6-18-7-5-14/h4-7,10,22H,2-3,8-9,11-12H2,1H3. The molecule has 0 amide bonds. The topological polar surface area (TPSA) is 58.4 Å². The van der Waals surface area contributed by atoms with Crippen LogP contribution < -0.4 is 5.43 Å². The molecule has 1 aliphatic rings. The molecule has 2 aromatic rings. The van der Waals surface area contributed by atoms with Crippen molar-refractivity contribution in [3.8, 4) is 5.75 Å². The molecule has 1 aliphatic heterocycles. The second-order valence-corrected chi connectivity index (χ2v) is 5.87. The summed E-state index contributed by atoms with van der Waals surface area (Å²) >= 11 is 0. The van der Waals surface area contributed by atoms with Crippen molar-refractivity contribution in [3.05, 3.63) is 57.8 Å². The third-order valence-electron chi connectivity index (χ3n) is 4.26. The van der Waals surface area contributed by atoms with Gasteiger partial charge in [-0.05, 0) is 50.6 Å². The lowest BCUT2D eigenvalue weighted by molar-refractivity contribution is 0.310. The van der Waals surface area contributed by atoms with Crippen LogP contribution in [0, 0.1) is 6.92 Å². The molecule has 0 bridgehead atoms. The van der Waals surface area contributed by atoms with Crippen molar-refractivity contribution < 1.29 is 5.11 Å². The predicted octanol–water partition coefficient (Wildman–Crippen LogP) is 1.90. The number of rotatable bonds is 4. The number of aryl methyl sites for hydroxylation is 1. The molecule has 0 spiro atoms. The van der Waals surface area contributed by atoms with E-state index in [2.05, 4.69) is 9.88 Å². The molecule has 0 aliphatic carbocycles. The van der Waals surface area contributed by atoms with Gasteiger partial charge in [-0.15, -0.1) is 0 Å². The molecular weight excluding hydrogens is 278 g/mol. The van der Waals surface area contributed by atoms with Crippen LogP contribution in [0.3, 0.4) is 0 Å². The van der Waals surface area contributed by atoms with Crippen LogP contribution in [0.1, 0.15) is 29.8 Å². The van der Waals surface area contributed by atoms with Crippen LogP contribution in [-0.2, 0) is 13.1 Å². The first-order valence-corrected chi connectivity index (χ1v) is 7.68. The highest BCUT2D eigenvalue weighted by Crippen LogP contribution is 2.20. The summed E-state index contributed by atoms with van der Waals surface area (Å²) in [5.41, 5.74) is 2.39.